The molecule has 0 saturated heterocycles. The molecule has 0 atom stereocenters. The first-order valence-corrected chi connectivity index (χ1v) is 9.30. The summed E-state index contributed by atoms with van der Waals surface area (Å²) >= 11 is 0. The predicted molar refractivity (Wildman–Crippen MR) is 94.3 cm³/mol. The van der Waals surface area contributed by atoms with E-state index in [9.17, 15) is 0 Å². The van der Waals surface area contributed by atoms with E-state index in [1.807, 2.05) is 0 Å². The van der Waals surface area contributed by atoms with Crippen LogP contribution in [0.2, 0.25) is 0 Å². The van der Waals surface area contributed by atoms with Crippen LogP contribution in [0.4, 0.5) is 5.82 Å². The monoisotopic (exact) mass is 335 g/mol. The molecule has 0 aliphatic heterocycles. The van der Waals surface area contributed by atoms with Gasteiger partial charge in [-0.05, 0) is 51.9 Å². The molecule has 0 radical (unpaired) electrons. The lowest BCUT2D eigenvalue weighted by molar-refractivity contribution is 0.384. The Morgan fingerprint density at radius 3 is 2.84 bits per heavy atom. The average molecular weight is 335 g/mol. The summed E-state index contributed by atoms with van der Waals surface area (Å²) in [6.45, 7) is 2.31. The van der Waals surface area contributed by atoms with Gasteiger partial charge in [0.15, 0.2) is 0 Å². The number of hydrogen-bond acceptors (Lipinski definition) is 5. The van der Waals surface area contributed by atoms with Crippen molar-refractivity contribution in [3.63, 3.8) is 0 Å². The van der Waals surface area contributed by atoms with Crippen LogP contribution in [0.3, 0.4) is 0 Å². The van der Waals surface area contributed by atoms with E-state index in [2.05, 4.69) is 26.6 Å². The Hall–Kier alpha value is -2.37. The highest BCUT2D eigenvalue weighted by Crippen LogP contribution is 2.52. The Bertz CT molecular complexity index is 1020. The first-order valence-electron chi connectivity index (χ1n) is 9.30. The largest absolute Gasteiger partial charge is 0.383 e. The molecule has 6 heteroatoms. The Labute approximate surface area is 145 Å². The molecule has 2 fully saturated rings. The SMILES string of the molecule is CC1(n2c3c(c4c(N)ncnc42)-c2noc(C4CC4)c2CCC3)CC1. The van der Waals surface area contributed by atoms with Crippen molar-refractivity contribution in [1.29, 1.82) is 0 Å². The van der Waals surface area contributed by atoms with E-state index in [1.165, 1.54) is 36.9 Å². The maximum atomic E-state index is 6.32. The second-order valence-electron chi connectivity index (χ2n) is 8.11. The number of aromatic nitrogens is 4. The van der Waals surface area contributed by atoms with Crippen LogP contribution in [0.1, 0.15) is 62.0 Å². The highest BCUT2D eigenvalue weighted by Gasteiger charge is 2.44. The van der Waals surface area contributed by atoms with E-state index in [0.717, 1.165) is 47.3 Å². The molecular formula is C19H21N5O. The third-order valence-corrected chi connectivity index (χ3v) is 6.23. The molecular weight excluding hydrogens is 314 g/mol. The van der Waals surface area contributed by atoms with Crippen molar-refractivity contribution in [2.24, 2.45) is 0 Å². The minimum atomic E-state index is 0.153. The molecule has 6 rings (SSSR count). The van der Waals surface area contributed by atoms with Crippen LogP contribution in [0, 0.1) is 0 Å². The first-order chi connectivity index (χ1) is 12.2. The Morgan fingerprint density at radius 2 is 2.08 bits per heavy atom. The van der Waals surface area contributed by atoms with E-state index in [0.29, 0.717) is 11.7 Å². The minimum absolute atomic E-state index is 0.153. The van der Waals surface area contributed by atoms with Crippen LogP contribution in [0.15, 0.2) is 10.9 Å². The topological polar surface area (TPSA) is 82.8 Å². The molecule has 3 aliphatic rings. The Morgan fingerprint density at radius 1 is 1.24 bits per heavy atom. The van der Waals surface area contributed by atoms with Crippen LogP contribution in [0.5, 0.6) is 0 Å². The number of nitrogens with two attached hydrogens (primary N) is 1. The number of fused-ring (bicyclic) bond motifs is 5. The zero-order valence-corrected chi connectivity index (χ0v) is 14.4. The third kappa shape index (κ3) is 1.77. The van der Waals surface area contributed by atoms with E-state index < -0.39 is 0 Å². The Balaban J connectivity index is 1.73. The van der Waals surface area contributed by atoms with E-state index in [4.69, 9.17) is 10.3 Å². The van der Waals surface area contributed by atoms with Crippen LogP contribution >= 0.6 is 0 Å². The van der Waals surface area contributed by atoms with Gasteiger partial charge in [-0.3, -0.25) is 0 Å². The molecule has 0 unspecified atom stereocenters. The van der Waals surface area contributed by atoms with E-state index in [-0.39, 0.29) is 5.54 Å². The summed E-state index contributed by atoms with van der Waals surface area (Å²) in [5.41, 5.74) is 12.2. The molecule has 3 heterocycles. The molecule has 0 bridgehead atoms. The molecule has 128 valence electrons. The highest BCUT2D eigenvalue weighted by molar-refractivity contribution is 6.02. The van der Waals surface area contributed by atoms with Gasteiger partial charge in [-0.25, -0.2) is 9.97 Å². The van der Waals surface area contributed by atoms with Gasteiger partial charge in [0.05, 0.1) is 5.39 Å². The van der Waals surface area contributed by atoms with Gasteiger partial charge in [-0.15, -0.1) is 0 Å². The zero-order chi connectivity index (χ0) is 16.8. The Kier molecular flexibility index (Phi) is 2.45. The average Bonchev–Trinajstić information content (AvgIpc) is 3.51. The lowest BCUT2D eigenvalue weighted by Gasteiger charge is -2.17. The molecule has 25 heavy (non-hydrogen) atoms. The van der Waals surface area contributed by atoms with Crippen LogP contribution in [0.25, 0.3) is 22.3 Å². The van der Waals surface area contributed by atoms with Gasteiger partial charge in [0, 0.05) is 28.3 Å². The van der Waals surface area contributed by atoms with E-state index in [1.54, 1.807) is 6.33 Å². The summed E-state index contributed by atoms with van der Waals surface area (Å²) in [4.78, 5) is 8.91. The van der Waals surface area contributed by atoms with Crippen molar-refractivity contribution in [1.82, 2.24) is 19.7 Å². The van der Waals surface area contributed by atoms with Gasteiger partial charge >= 0.3 is 0 Å². The number of nitrogen functional groups attached to an aromatic ring is 1. The van der Waals surface area contributed by atoms with Crippen molar-refractivity contribution in [3.8, 4) is 11.3 Å². The summed E-state index contributed by atoms with van der Waals surface area (Å²) in [5, 5.41) is 5.49. The first kappa shape index (κ1) is 13.9. The van der Waals surface area contributed by atoms with Crippen molar-refractivity contribution in [2.45, 2.75) is 63.3 Å². The maximum absolute atomic E-state index is 6.32. The fourth-order valence-electron chi connectivity index (χ4n) is 4.52. The zero-order valence-electron chi connectivity index (χ0n) is 14.4. The smallest absolute Gasteiger partial charge is 0.146 e. The van der Waals surface area contributed by atoms with Gasteiger partial charge < -0.3 is 14.8 Å². The third-order valence-electron chi connectivity index (χ3n) is 6.23. The van der Waals surface area contributed by atoms with Crippen LogP contribution < -0.4 is 5.73 Å². The minimum Gasteiger partial charge on any atom is -0.383 e. The fraction of sp³-hybridized carbons (Fsp3) is 0.526. The number of hydrogen-bond donors (Lipinski definition) is 1. The molecule has 0 aromatic carbocycles. The second kappa shape index (κ2) is 4.42. The van der Waals surface area contributed by atoms with Crippen molar-refractivity contribution in [2.75, 3.05) is 5.73 Å². The summed E-state index contributed by atoms with van der Waals surface area (Å²) in [6, 6.07) is 0. The second-order valence-corrected chi connectivity index (χ2v) is 8.11. The van der Waals surface area contributed by atoms with Crippen LogP contribution in [-0.4, -0.2) is 19.7 Å². The van der Waals surface area contributed by atoms with Gasteiger partial charge in [0.2, 0.25) is 0 Å². The summed E-state index contributed by atoms with van der Waals surface area (Å²) in [7, 11) is 0. The molecule has 6 nitrogen and oxygen atoms in total. The lowest BCUT2D eigenvalue weighted by atomic mass is 10.0. The molecule has 3 aliphatic carbocycles. The molecule has 3 aromatic heterocycles. The quantitative estimate of drug-likeness (QED) is 0.774. The lowest BCUT2D eigenvalue weighted by Crippen LogP contribution is -2.16. The van der Waals surface area contributed by atoms with Crippen molar-refractivity contribution < 1.29 is 4.52 Å². The van der Waals surface area contributed by atoms with Gasteiger partial charge in [-0.2, -0.15) is 0 Å². The molecule has 3 aromatic rings. The standard InChI is InChI=1S/C19H21N5O/c1-19(7-8-19)24-12-4-2-3-11-15(23-25-16(11)10-5-6-10)13(12)14-17(20)21-9-22-18(14)24/h9-10H,2-8H2,1H3,(H2,20,21,22). The summed E-state index contributed by atoms with van der Waals surface area (Å²) in [6.07, 6.45) is 9.57. The van der Waals surface area contributed by atoms with Crippen molar-refractivity contribution >= 4 is 16.9 Å². The number of rotatable bonds is 2. The maximum Gasteiger partial charge on any atom is 0.146 e. The fourth-order valence-corrected chi connectivity index (χ4v) is 4.52. The molecule has 0 spiro atoms. The highest BCUT2D eigenvalue weighted by atomic mass is 16.5. The van der Waals surface area contributed by atoms with Gasteiger partial charge in [0.1, 0.15) is 29.2 Å². The normalized spacial score (nSPS) is 21.0. The molecule has 2 saturated carbocycles. The number of anilines is 1. The van der Waals surface area contributed by atoms with Crippen LogP contribution in [-0.2, 0) is 18.4 Å². The number of nitrogens with zero attached hydrogens (tertiary/aromatic N) is 4. The van der Waals surface area contributed by atoms with E-state index >= 15 is 0 Å². The van der Waals surface area contributed by atoms with Crippen molar-refractivity contribution in [3.05, 3.63) is 23.3 Å². The summed E-state index contributed by atoms with van der Waals surface area (Å²) < 4.78 is 8.24. The predicted octanol–water partition coefficient (Wildman–Crippen LogP) is 3.54. The molecule has 0 amide bonds. The van der Waals surface area contributed by atoms with Gasteiger partial charge in [0.25, 0.3) is 0 Å². The summed E-state index contributed by atoms with van der Waals surface area (Å²) in [5.74, 6) is 2.23. The molecule has 2 N–H and O–H groups in total. The van der Waals surface area contributed by atoms with Gasteiger partial charge in [-0.1, -0.05) is 5.16 Å².